The number of Topliss-reactive ketones (excluding diaryl/α,β-unsaturated/α-hetero) is 1. The quantitative estimate of drug-likeness (QED) is 0.575. The van der Waals surface area contributed by atoms with Crippen LogP contribution in [-0.4, -0.2) is 15.6 Å². The number of hydrogen-bond donors (Lipinski definition) is 0. The molecule has 0 N–H and O–H groups in total. The van der Waals surface area contributed by atoms with Crippen LogP contribution < -0.4 is 0 Å². The Kier molecular flexibility index (Phi) is 1.71. The highest BCUT2D eigenvalue weighted by Crippen LogP contribution is 2.14. The van der Waals surface area contributed by atoms with Gasteiger partial charge in [0, 0.05) is 25.1 Å². The van der Waals surface area contributed by atoms with E-state index < -0.39 is 0 Å². The lowest BCUT2D eigenvalue weighted by atomic mass is 10.1. The fourth-order valence-corrected chi connectivity index (χ4v) is 1.63. The zero-order valence-electron chi connectivity index (χ0n) is 7.21. The second kappa shape index (κ2) is 2.73. The molecule has 1 aromatic rings. The Bertz CT molecular complexity index is 314. The second-order valence-electron chi connectivity index (χ2n) is 3.32. The molecule has 0 fully saturated rings. The van der Waals surface area contributed by atoms with Crippen molar-refractivity contribution >= 4 is 5.78 Å². The van der Waals surface area contributed by atoms with Crippen molar-refractivity contribution in [1.29, 1.82) is 0 Å². The Morgan fingerprint density at radius 1 is 1.58 bits per heavy atom. The summed E-state index contributed by atoms with van der Waals surface area (Å²) in [4.78, 5) is 11.3. The zero-order valence-corrected chi connectivity index (χ0v) is 7.21. The third-order valence-corrected chi connectivity index (χ3v) is 2.35. The molecule has 0 aromatic carbocycles. The highest BCUT2D eigenvalue weighted by molar-refractivity contribution is 5.81. The first-order valence-electron chi connectivity index (χ1n) is 4.30. The fraction of sp³-hybridized carbons (Fsp3) is 0.556. The summed E-state index contributed by atoms with van der Waals surface area (Å²) in [7, 11) is 0. The van der Waals surface area contributed by atoms with Crippen LogP contribution in [-0.2, 0) is 17.8 Å². The van der Waals surface area contributed by atoms with E-state index in [0.29, 0.717) is 18.6 Å². The molecule has 0 atom stereocenters. The van der Waals surface area contributed by atoms with E-state index in [4.69, 9.17) is 0 Å². The van der Waals surface area contributed by atoms with E-state index >= 15 is 0 Å². The molecule has 64 valence electrons. The molecule has 0 unspecified atom stereocenters. The first-order chi connectivity index (χ1) is 5.77. The monoisotopic (exact) mass is 164 g/mol. The average molecular weight is 164 g/mol. The first-order valence-corrected chi connectivity index (χ1v) is 4.30. The van der Waals surface area contributed by atoms with Crippen LogP contribution in [0.5, 0.6) is 0 Å². The van der Waals surface area contributed by atoms with Crippen molar-refractivity contribution in [3.63, 3.8) is 0 Å². The predicted octanol–water partition coefficient (Wildman–Crippen LogP) is 1.10. The van der Waals surface area contributed by atoms with E-state index in [1.807, 2.05) is 17.8 Å². The molecule has 0 spiro atoms. The molecule has 3 heteroatoms. The minimum Gasteiger partial charge on any atom is -0.299 e. The first kappa shape index (κ1) is 7.53. The molecular formula is C9H12N2O. The van der Waals surface area contributed by atoms with E-state index in [1.165, 1.54) is 0 Å². The van der Waals surface area contributed by atoms with Gasteiger partial charge in [-0.15, -0.1) is 0 Å². The van der Waals surface area contributed by atoms with Gasteiger partial charge in [0.25, 0.3) is 0 Å². The zero-order chi connectivity index (χ0) is 8.55. The van der Waals surface area contributed by atoms with Gasteiger partial charge in [0.05, 0.1) is 6.20 Å². The number of hydrogen-bond acceptors (Lipinski definition) is 2. The van der Waals surface area contributed by atoms with Gasteiger partial charge < -0.3 is 0 Å². The van der Waals surface area contributed by atoms with Crippen LogP contribution in [0.4, 0.5) is 0 Å². The summed E-state index contributed by atoms with van der Waals surface area (Å²) >= 11 is 0. The molecule has 0 radical (unpaired) electrons. The normalized spacial score (nSPS) is 17.2. The van der Waals surface area contributed by atoms with E-state index in [0.717, 1.165) is 24.2 Å². The van der Waals surface area contributed by atoms with Gasteiger partial charge in [-0.3, -0.25) is 9.48 Å². The fourth-order valence-electron chi connectivity index (χ4n) is 1.63. The van der Waals surface area contributed by atoms with Crippen LogP contribution in [0.15, 0.2) is 6.20 Å². The minimum atomic E-state index is 0.345. The molecule has 0 saturated carbocycles. The van der Waals surface area contributed by atoms with E-state index in [1.54, 1.807) is 0 Å². The highest BCUT2D eigenvalue weighted by Gasteiger charge is 2.15. The number of carbonyl (C=O) groups excluding carboxylic acids is 1. The second-order valence-corrected chi connectivity index (χ2v) is 3.32. The van der Waals surface area contributed by atoms with Gasteiger partial charge in [-0.25, -0.2) is 0 Å². The number of aromatic nitrogens is 2. The SMILES string of the molecule is Cc1cnn2c1CC(=O)CCC2. The van der Waals surface area contributed by atoms with Gasteiger partial charge in [0.1, 0.15) is 5.78 Å². The van der Waals surface area contributed by atoms with Gasteiger partial charge >= 0.3 is 0 Å². The van der Waals surface area contributed by atoms with Crippen molar-refractivity contribution in [1.82, 2.24) is 9.78 Å². The molecule has 0 amide bonds. The number of ketones is 1. The molecular weight excluding hydrogens is 152 g/mol. The number of fused-ring (bicyclic) bond motifs is 1. The summed E-state index contributed by atoms with van der Waals surface area (Å²) in [6.07, 6.45) is 4.07. The minimum absolute atomic E-state index is 0.345. The average Bonchev–Trinajstić information content (AvgIpc) is 2.31. The molecule has 2 heterocycles. The lowest BCUT2D eigenvalue weighted by molar-refractivity contribution is -0.118. The van der Waals surface area contributed by atoms with Crippen molar-refractivity contribution in [3.8, 4) is 0 Å². The molecule has 0 bridgehead atoms. The van der Waals surface area contributed by atoms with Crippen molar-refractivity contribution in [3.05, 3.63) is 17.5 Å². The standard InChI is InChI=1S/C9H12N2O/c1-7-6-10-11-4-2-3-8(12)5-9(7)11/h6H,2-5H2,1H3. The predicted molar refractivity (Wildman–Crippen MR) is 44.9 cm³/mol. The Hall–Kier alpha value is -1.12. The lowest BCUT2D eigenvalue weighted by Gasteiger charge is -2.00. The van der Waals surface area contributed by atoms with Crippen molar-refractivity contribution < 1.29 is 4.79 Å². The van der Waals surface area contributed by atoms with Crippen LogP contribution in [0.2, 0.25) is 0 Å². The van der Waals surface area contributed by atoms with Crippen molar-refractivity contribution in [2.75, 3.05) is 0 Å². The van der Waals surface area contributed by atoms with Crippen molar-refractivity contribution in [2.24, 2.45) is 0 Å². The van der Waals surface area contributed by atoms with Gasteiger partial charge in [-0.1, -0.05) is 0 Å². The van der Waals surface area contributed by atoms with Gasteiger partial charge in [0.2, 0.25) is 0 Å². The summed E-state index contributed by atoms with van der Waals surface area (Å²) in [5.41, 5.74) is 2.25. The van der Waals surface area contributed by atoms with Gasteiger partial charge in [-0.05, 0) is 18.9 Å². The maximum Gasteiger partial charge on any atom is 0.138 e. The largest absolute Gasteiger partial charge is 0.299 e. The molecule has 3 nitrogen and oxygen atoms in total. The Labute approximate surface area is 71.4 Å². The van der Waals surface area contributed by atoms with Crippen LogP contribution in [0.25, 0.3) is 0 Å². The van der Waals surface area contributed by atoms with Gasteiger partial charge in [0.15, 0.2) is 0 Å². The van der Waals surface area contributed by atoms with Crippen molar-refractivity contribution in [2.45, 2.75) is 32.7 Å². The van der Waals surface area contributed by atoms with E-state index in [-0.39, 0.29) is 0 Å². The molecule has 1 aliphatic heterocycles. The van der Waals surface area contributed by atoms with Crippen LogP contribution >= 0.6 is 0 Å². The molecule has 2 rings (SSSR count). The Balaban J connectivity index is 2.40. The number of carbonyl (C=O) groups is 1. The van der Waals surface area contributed by atoms with E-state index in [9.17, 15) is 4.79 Å². The third-order valence-electron chi connectivity index (χ3n) is 2.35. The molecule has 1 aromatic heterocycles. The lowest BCUT2D eigenvalue weighted by Crippen LogP contribution is -2.04. The van der Waals surface area contributed by atoms with Crippen LogP contribution in [0, 0.1) is 6.92 Å². The number of rotatable bonds is 0. The molecule has 12 heavy (non-hydrogen) atoms. The summed E-state index contributed by atoms with van der Waals surface area (Å²) < 4.78 is 1.96. The number of aryl methyl sites for hydroxylation is 2. The van der Waals surface area contributed by atoms with E-state index in [2.05, 4.69) is 5.10 Å². The van der Waals surface area contributed by atoms with Crippen LogP contribution in [0.3, 0.4) is 0 Å². The smallest absolute Gasteiger partial charge is 0.138 e. The molecule has 1 aliphatic rings. The summed E-state index contributed by atoms with van der Waals surface area (Å²) in [5.74, 6) is 0.345. The molecule has 0 saturated heterocycles. The molecule has 0 aliphatic carbocycles. The summed E-state index contributed by atoms with van der Waals surface area (Å²) in [6.45, 7) is 2.91. The topological polar surface area (TPSA) is 34.9 Å². The Morgan fingerprint density at radius 3 is 3.25 bits per heavy atom. The summed E-state index contributed by atoms with van der Waals surface area (Å²) in [6, 6.07) is 0. The maximum absolute atomic E-state index is 11.3. The van der Waals surface area contributed by atoms with Crippen LogP contribution in [0.1, 0.15) is 24.1 Å². The maximum atomic E-state index is 11.3. The highest BCUT2D eigenvalue weighted by atomic mass is 16.1. The summed E-state index contributed by atoms with van der Waals surface area (Å²) in [5, 5.41) is 4.22. The Morgan fingerprint density at radius 2 is 2.42 bits per heavy atom. The number of nitrogens with zero attached hydrogens (tertiary/aromatic N) is 2. The third kappa shape index (κ3) is 1.15. The van der Waals surface area contributed by atoms with Gasteiger partial charge in [-0.2, -0.15) is 5.10 Å².